The first-order valence-corrected chi connectivity index (χ1v) is 13.2. The molecule has 0 bridgehead atoms. The topological polar surface area (TPSA) is 113 Å². The third-order valence-electron chi connectivity index (χ3n) is 7.28. The first kappa shape index (κ1) is 27.8. The number of alkyl halides is 3. The van der Waals surface area contributed by atoms with Crippen molar-refractivity contribution in [1.82, 2.24) is 24.6 Å². The Balaban J connectivity index is 1.44. The fraction of sp³-hybridized carbons (Fsp3) is 0.167. The van der Waals surface area contributed by atoms with Crippen LogP contribution in [0.3, 0.4) is 0 Å². The van der Waals surface area contributed by atoms with Crippen LogP contribution in [0.25, 0.3) is 28.0 Å². The lowest BCUT2D eigenvalue weighted by molar-refractivity contribution is -0.137. The van der Waals surface area contributed by atoms with Crippen LogP contribution in [0.15, 0.2) is 79.1 Å². The number of amides is 2. The molecule has 0 aliphatic carbocycles. The van der Waals surface area contributed by atoms with Crippen molar-refractivity contribution in [2.75, 3.05) is 11.9 Å². The zero-order chi connectivity index (χ0) is 30.3. The third kappa shape index (κ3) is 5.25. The summed E-state index contributed by atoms with van der Waals surface area (Å²) in [6, 6.07) is 16.0. The van der Waals surface area contributed by atoms with Crippen molar-refractivity contribution < 1.29 is 32.3 Å². The first-order valence-electron chi connectivity index (χ1n) is 13.2. The molecule has 9 nitrogen and oxygen atoms in total. The molecule has 0 spiro atoms. The molecular weight excluding hydrogens is 568 g/mol. The van der Waals surface area contributed by atoms with E-state index in [1.807, 2.05) is 0 Å². The van der Waals surface area contributed by atoms with Crippen LogP contribution >= 0.6 is 0 Å². The smallest absolute Gasteiger partial charge is 0.417 e. The molecule has 2 aromatic heterocycles. The van der Waals surface area contributed by atoms with Gasteiger partial charge in [0.1, 0.15) is 11.6 Å². The summed E-state index contributed by atoms with van der Waals surface area (Å²) < 4.78 is 58.0. The van der Waals surface area contributed by atoms with E-state index in [1.54, 1.807) is 48.5 Å². The van der Waals surface area contributed by atoms with Crippen LogP contribution in [0.4, 0.5) is 28.2 Å². The summed E-state index contributed by atoms with van der Waals surface area (Å²) in [4.78, 5) is 34.3. The minimum Gasteiger partial charge on any atom is -0.465 e. The number of aromatic nitrogens is 4. The van der Waals surface area contributed by atoms with Gasteiger partial charge in [-0.15, -0.1) is 0 Å². The average molecular weight is 591 g/mol. The molecule has 0 saturated carbocycles. The summed E-state index contributed by atoms with van der Waals surface area (Å²) in [6.45, 7) is 0.409. The van der Waals surface area contributed by atoms with Crippen LogP contribution in [-0.4, -0.2) is 48.3 Å². The number of anilines is 1. The Kier molecular flexibility index (Phi) is 7.00. The van der Waals surface area contributed by atoms with Gasteiger partial charge in [0.05, 0.1) is 28.4 Å². The van der Waals surface area contributed by atoms with Gasteiger partial charge in [-0.25, -0.2) is 23.8 Å². The van der Waals surface area contributed by atoms with E-state index < -0.39 is 40.7 Å². The van der Waals surface area contributed by atoms with Gasteiger partial charge in [0.25, 0.3) is 5.91 Å². The molecule has 6 rings (SSSR count). The van der Waals surface area contributed by atoms with E-state index in [2.05, 4.69) is 20.4 Å². The van der Waals surface area contributed by atoms with Gasteiger partial charge in [-0.2, -0.15) is 18.3 Å². The largest absolute Gasteiger partial charge is 0.465 e. The Morgan fingerprint density at radius 3 is 2.42 bits per heavy atom. The number of hydrogen-bond acceptors (Lipinski definition) is 5. The summed E-state index contributed by atoms with van der Waals surface area (Å²) in [5.74, 6) is -2.56. The number of nitrogens with one attached hydrogen (secondary N) is 1. The number of nitrogens with zero attached hydrogens (tertiary/aromatic N) is 5. The van der Waals surface area contributed by atoms with E-state index in [4.69, 9.17) is 0 Å². The van der Waals surface area contributed by atoms with E-state index in [0.29, 0.717) is 36.0 Å². The Morgan fingerprint density at radius 2 is 1.72 bits per heavy atom. The summed E-state index contributed by atoms with van der Waals surface area (Å²) in [5.41, 5.74) is -0.809. The molecule has 2 amide bonds. The molecule has 13 heteroatoms. The summed E-state index contributed by atoms with van der Waals surface area (Å²) >= 11 is 0. The number of carbonyl (C=O) groups is 2. The molecule has 1 saturated heterocycles. The highest BCUT2D eigenvalue weighted by molar-refractivity contribution is 6.09. The molecule has 1 aliphatic rings. The molecular formula is C30H22F4N6O3. The Bertz CT molecular complexity index is 1840. The van der Waals surface area contributed by atoms with Crippen LogP contribution in [0.2, 0.25) is 0 Å². The van der Waals surface area contributed by atoms with Gasteiger partial charge < -0.3 is 15.3 Å². The number of halogens is 4. The van der Waals surface area contributed by atoms with E-state index in [1.165, 1.54) is 28.0 Å². The first-order chi connectivity index (χ1) is 20.6. The van der Waals surface area contributed by atoms with E-state index in [9.17, 15) is 27.9 Å². The fourth-order valence-electron chi connectivity index (χ4n) is 5.31. The molecule has 2 N–H and O–H groups in total. The zero-order valence-electron chi connectivity index (χ0n) is 22.2. The van der Waals surface area contributed by atoms with Gasteiger partial charge in [-0.3, -0.25) is 4.79 Å². The van der Waals surface area contributed by atoms with Crippen molar-refractivity contribution in [3.8, 4) is 17.1 Å². The van der Waals surface area contributed by atoms with Crippen LogP contribution in [0, 0.1) is 5.82 Å². The number of likely N-dealkylation sites (tertiary alicyclic amines) is 1. The lowest BCUT2D eigenvalue weighted by atomic mass is 10.0. The highest BCUT2D eigenvalue weighted by atomic mass is 19.4. The number of hydrogen-bond donors (Lipinski definition) is 2. The third-order valence-corrected chi connectivity index (χ3v) is 7.28. The van der Waals surface area contributed by atoms with Crippen molar-refractivity contribution in [2.24, 2.45) is 0 Å². The number of fused-ring (bicyclic) bond motifs is 1. The Morgan fingerprint density at radius 1 is 0.977 bits per heavy atom. The van der Waals surface area contributed by atoms with E-state index >= 15 is 4.39 Å². The number of benzene rings is 3. The second-order valence-corrected chi connectivity index (χ2v) is 9.91. The van der Waals surface area contributed by atoms with Crippen LogP contribution in [-0.2, 0) is 6.18 Å². The van der Waals surface area contributed by atoms with Gasteiger partial charge in [0, 0.05) is 29.9 Å². The monoisotopic (exact) mass is 590 g/mol. The van der Waals surface area contributed by atoms with Gasteiger partial charge in [0.15, 0.2) is 5.82 Å². The highest BCUT2D eigenvalue weighted by Crippen LogP contribution is 2.38. The highest BCUT2D eigenvalue weighted by Gasteiger charge is 2.36. The lowest BCUT2D eigenvalue weighted by Crippen LogP contribution is -2.28. The summed E-state index contributed by atoms with van der Waals surface area (Å²) in [7, 11) is 0. The minimum atomic E-state index is -4.93. The quantitative estimate of drug-likeness (QED) is 0.220. The maximum Gasteiger partial charge on any atom is 0.417 e. The van der Waals surface area contributed by atoms with Crippen molar-refractivity contribution in [3.05, 3.63) is 102 Å². The van der Waals surface area contributed by atoms with Crippen LogP contribution in [0.1, 0.15) is 40.4 Å². The summed E-state index contributed by atoms with van der Waals surface area (Å²) in [5, 5.41) is 17.3. The minimum absolute atomic E-state index is 0.149. The molecule has 3 heterocycles. The summed E-state index contributed by atoms with van der Waals surface area (Å²) in [6.07, 6.45) is -2.12. The number of rotatable bonds is 5. The van der Waals surface area contributed by atoms with Gasteiger partial charge in [-0.1, -0.05) is 24.3 Å². The second kappa shape index (κ2) is 10.8. The standard InChI is InChI=1S/C30H22F4N6O3/c31-23-16-22(30(32,33)34)20(26-35-11-5-12-36-26)15-21(23)28(41)37-27-19-10-9-17(25-8-4-13-39(25)29(42)43)14-24(19)38-40(27)18-6-2-1-3-7-18/h1-3,5-7,9-12,14-16,25H,4,8,13H2,(H,37,41)(H,42,43). The normalized spacial score (nSPS) is 15.2. The Labute approximate surface area is 241 Å². The molecule has 1 fully saturated rings. The molecule has 3 aromatic carbocycles. The maximum atomic E-state index is 15.1. The predicted octanol–water partition coefficient (Wildman–Crippen LogP) is 6.71. The second-order valence-electron chi connectivity index (χ2n) is 9.91. The molecule has 43 heavy (non-hydrogen) atoms. The van der Waals surface area contributed by atoms with Gasteiger partial charge in [-0.05, 0) is 60.9 Å². The predicted molar refractivity (Wildman–Crippen MR) is 148 cm³/mol. The van der Waals surface area contributed by atoms with Crippen molar-refractivity contribution in [1.29, 1.82) is 0 Å². The van der Waals surface area contributed by atoms with E-state index in [0.717, 1.165) is 11.6 Å². The lowest BCUT2D eigenvalue weighted by Gasteiger charge is -2.21. The molecule has 1 atom stereocenters. The molecule has 1 unspecified atom stereocenters. The van der Waals surface area contributed by atoms with Crippen LogP contribution in [0.5, 0.6) is 0 Å². The van der Waals surface area contributed by atoms with Gasteiger partial charge in [0.2, 0.25) is 0 Å². The van der Waals surface area contributed by atoms with Gasteiger partial charge >= 0.3 is 12.3 Å². The SMILES string of the molecule is O=C(Nc1c2ccc(C3CCCN3C(=O)O)cc2nn1-c1ccccc1)c1cc(-c2ncccn2)c(C(F)(F)F)cc1F. The zero-order valence-corrected chi connectivity index (χ0v) is 22.2. The Hall–Kier alpha value is -5.33. The fourth-order valence-corrected chi connectivity index (χ4v) is 5.31. The number of carboxylic acid groups (broad SMARTS) is 1. The molecule has 0 radical (unpaired) electrons. The van der Waals surface area contributed by atoms with E-state index in [-0.39, 0.29) is 23.8 Å². The van der Waals surface area contributed by atoms with Crippen molar-refractivity contribution in [2.45, 2.75) is 25.1 Å². The number of carbonyl (C=O) groups excluding carboxylic acids is 1. The van der Waals surface area contributed by atoms with Crippen molar-refractivity contribution >= 4 is 28.7 Å². The molecule has 5 aromatic rings. The molecule has 218 valence electrons. The average Bonchev–Trinajstić information content (AvgIpc) is 3.63. The maximum absolute atomic E-state index is 15.1. The van der Waals surface area contributed by atoms with Crippen molar-refractivity contribution in [3.63, 3.8) is 0 Å². The number of para-hydroxylation sites is 1. The molecule has 1 aliphatic heterocycles. The van der Waals surface area contributed by atoms with Crippen LogP contribution < -0.4 is 5.32 Å².